The molecule has 0 spiro atoms. The lowest BCUT2D eigenvalue weighted by molar-refractivity contribution is 0.715. The van der Waals surface area contributed by atoms with Crippen LogP contribution < -0.4 is 0 Å². The maximum Gasteiger partial charge on any atom is 0.158 e. The number of alkyl halides is 1. The van der Waals surface area contributed by atoms with Gasteiger partial charge in [0.1, 0.15) is 11.3 Å². The van der Waals surface area contributed by atoms with Crippen LogP contribution in [0.2, 0.25) is 0 Å². The summed E-state index contributed by atoms with van der Waals surface area (Å²) in [5.74, 6) is 0.898. The maximum atomic E-state index is 6.07. The van der Waals surface area contributed by atoms with Gasteiger partial charge >= 0.3 is 0 Å². The normalized spacial score (nSPS) is 13.7. The third-order valence-electron chi connectivity index (χ3n) is 2.64. The number of hydrogen-bond acceptors (Lipinski definition) is 2. The Bertz CT molecular complexity index is 495. The van der Waals surface area contributed by atoms with Crippen LogP contribution >= 0.6 is 11.6 Å². The van der Waals surface area contributed by atoms with Crippen molar-refractivity contribution in [1.29, 1.82) is 0 Å². The second-order valence-electron chi connectivity index (χ2n) is 3.74. The lowest BCUT2D eigenvalue weighted by Gasteiger charge is -2.03. The van der Waals surface area contributed by atoms with Gasteiger partial charge in [-0.05, 0) is 13.3 Å². The summed E-state index contributed by atoms with van der Waals surface area (Å²) in [6.45, 7) is 4.02. The average molecular weight is 227 g/mol. The number of halogens is 1. The molecular formula is C10H15ClN4. The van der Waals surface area contributed by atoms with Crippen LogP contribution in [0.5, 0.6) is 0 Å². The van der Waals surface area contributed by atoms with Gasteiger partial charge in [-0.2, -0.15) is 5.10 Å². The molecule has 0 fully saturated rings. The summed E-state index contributed by atoms with van der Waals surface area (Å²) in [6, 6.07) is 0. The number of aromatic nitrogens is 4. The van der Waals surface area contributed by atoms with Gasteiger partial charge in [0.05, 0.1) is 11.1 Å². The van der Waals surface area contributed by atoms with E-state index in [1.165, 1.54) is 0 Å². The van der Waals surface area contributed by atoms with Crippen molar-refractivity contribution in [3.8, 4) is 0 Å². The van der Waals surface area contributed by atoms with Crippen LogP contribution in [-0.2, 0) is 20.5 Å². The molecule has 1 atom stereocenters. The van der Waals surface area contributed by atoms with Gasteiger partial charge < -0.3 is 4.57 Å². The topological polar surface area (TPSA) is 35.6 Å². The standard InChI is InChI=1S/C10H15ClN4/c1-5-7-8-10(15(4)13-7)14(3)9(12-8)6(2)11/h6H,5H2,1-4H3. The van der Waals surface area contributed by atoms with Gasteiger partial charge in [-0.3, -0.25) is 4.68 Å². The van der Waals surface area contributed by atoms with Crippen LogP contribution in [0.3, 0.4) is 0 Å². The summed E-state index contributed by atoms with van der Waals surface area (Å²) in [7, 11) is 3.91. The molecule has 2 aromatic rings. The van der Waals surface area contributed by atoms with Crippen molar-refractivity contribution in [3.63, 3.8) is 0 Å². The number of aryl methyl sites for hydroxylation is 3. The molecule has 0 aliphatic heterocycles. The zero-order valence-corrected chi connectivity index (χ0v) is 10.2. The Morgan fingerprint density at radius 2 is 2.07 bits per heavy atom. The van der Waals surface area contributed by atoms with E-state index in [9.17, 15) is 0 Å². The van der Waals surface area contributed by atoms with Crippen LogP contribution in [0.1, 0.15) is 30.7 Å². The Labute approximate surface area is 93.9 Å². The van der Waals surface area contributed by atoms with Gasteiger partial charge in [-0.15, -0.1) is 11.6 Å². The Morgan fingerprint density at radius 3 is 2.60 bits per heavy atom. The highest BCUT2D eigenvalue weighted by Crippen LogP contribution is 2.25. The zero-order valence-electron chi connectivity index (χ0n) is 9.45. The van der Waals surface area contributed by atoms with E-state index < -0.39 is 0 Å². The molecular weight excluding hydrogens is 212 g/mol. The zero-order chi connectivity index (χ0) is 11.2. The first kappa shape index (κ1) is 10.5. The van der Waals surface area contributed by atoms with Crippen LogP contribution in [0, 0.1) is 0 Å². The lowest BCUT2D eigenvalue weighted by atomic mass is 10.3. The van der Waals surface area contributed by atoms with E-state index >= 15 is 0 Å². The van der Waals surface area contributed by atoms with Crippen molar-refractivity contribution < 1.29 is 0 Å². The predicted octanol–water partition coefficient (Wildman–Crippen LogP) is 2.17. The summed E-state index contributed by atoms with van der Waals surface area (Å²) in [4.78, 5) is 4.55. The molecule has 82 valence electrons. The first-order valence-electron chi connectivity index (χ1n) is 5.08. The minimum Gasteiger partial charge on any atom is -0.315 e. The SMILES string of the molecule is CCc1nn(C)c2c1nc(C(C)Cl)n2C. The van der Waals surface area contributed by atoms with Gasteiger partial charge in [0, 0.05) is 14.1 Å². The molecule has 1 unspecified atom stereocenters. The summed E-state index contributed by atoms with van der Waals surface area (Å²) < 4.78 is 3.88. The van der Waals surface area contributed by atoms with Crippen LogP contribution in [0.15, 0.2) is 0 Å². The number of imidazole rings is 1. The summed E-state index contributed by atoms with van der Waals surface area (Å²) in [5, 5.41) is 4.34. The Hall–Kier alpha value is -1.03. The molecule has 0 saturated carbocycles. The molecule has 4 nitrogen and oxygen atoms in total. The van der Waals surface area contributed by atoms with E-state index in [-0.39, 0.29) is 5.38 Å². The largest absolute Gasteiger partial charge is 0.315 e. The lowest BCUT2D eigenvalue weighted by Crippen LogP contribution is -2.03. The monoisotopic (exact) mass is 226 g/mol. The number of hydrogen-bond donors (Lipinski definition) is 0. The van der Waals surface area contributed by atoms with Gasteiger partial charge in [-0.1, -0.05) is 6.92 Å². The number of nitrogens with zero attached hydrogens (tertiary/aromatic N) is 4. The fraction of sp³-hybridized carbons (Fsp3) is 0.600. The Kier molecular flexibility index (Phi) is 2.46. The highest BCUT2D eigenvalue weighted by atomic mass is 35.5. The minimum atomic E-state index is -0.0768. The fourth-order valence-corrected chi connectivity index (χ4v) is 2.14. The molecule has 2 aromatic heterocycles. The molecule has 0 N–H and O–H groups in total. The second kappa shape index (κ2) is 3.52. The molecule has 0 saturated heterocycles. The summed E-state index contributed by atoms with van der Waals surface area (Å²) in [5.41, 5.74) is 3.05. The quantitative estimate of drug-likeness (QED) is 0.736. The summed E-state index contributed by atoms with van der Waals surface area (Å²) in [6.07, 6.45) is 0.893. The van der Waals surface area contributed by atoms with Crippen molar-refractivity contribution in [2.45, 2.75) is 25.6 Å². The molecule has 15 heavy (non-hydrogen) atoms. The molecule has 5 heteroatoms. The van der Waals surface area contributed by atoms with Crippen molar-refractivity contribution in [2.24, 2.45) is 14.1 Å². The highest BCUT2D eigenvalue weighted by Gasteiger charge is 2.18. The van der Waals surface area contributed by atoms with Gasteiger partial charge in [0.15, 0.2) is 5.65 Å². The van der Waals surface area contributed by atoms with Crippen molar-refractivity contribution in [2.75, 3.05) is 0 Å². The average Bonchev–Trinajstić information content (AvgIpc) is 2.66. The number of rotatable bonds is 2. The van der Waals surface area contributed by atoms with E-state index in [0.717, 1.165) is 29.1 Å². The molecule has 0 aliphatic carbocycles. The van der Waals surface area contributed by atoms with E-state index in [1.54, 1.807) is 0 Å². The van der Waals surface area contributed by atoms with Crippen molar-refractivity contribution in [3.05, 3.63) is 11.5 Å². The fourth-order valence-electron chi connectivity index (χ4n) is 1.94. The van der Waals surface area contributed by atoms with E-state index in [0.29, 0.717) is 0 Å². The molecule has 0 aromatic carbocycles. The minimum absolute atomic E-state index is 0.0768. The molecule has 0 amide bonds. The Balaban J connectivity index is 2.76. The first-order valence-corrected chi connectivity index (χ1v) is 5.52. The third-order valence-corrected chi connectivity index (χ3v) is 2.84. The van der Waals surface area contributed by atoms with Gasteiger partial charge in [0.25, 0.3) is 0 Å². The molecule has 0 aliphatic rings. The van der Waals surface area contributed by atoms with Gasteiger partial charge in [-0.25, -0.2) is 4.98 Å². The van der Waals surface area contributed by atoms with Crippen LogP contribution in [0.25, 0.3) is 11.2 Å². The van der Waals surface area contributed by atoms with Gasteiger partial charge in [0.2, 0.25) is 0 Å². The maximum absolute atomic E-state index is 6.07. The van der Waals surface area contributed by atoms with E-state index in [4.69, 9.17) is 11.6 Å². The molecule has 2 rings (SSSR count). The van der Waals surface area contributed by atoms with Crippen molar-refractivity contribution in [1.82, 2.24) is 19.3 Å². The molecule has 0 radical (unpaired) electrons. The predicted molar refractivity (Wildman–Crippen MR) is 61.1 cm³/mol. The molecule has 0 bridgehead atoms. The van der Waals surface area contributed by atoms with E-state index in [1.807, 2.05) is 30.3 Å². The van der Waals surface area contributed by atoms with Crippen molar-refractivity contribution >= 4 is 22.8 Å². The second-order valence-corrected chi connectivity index (χ2v) is 4.40. The van der Waals surface area contributed by atoms with E-state index in [2.05, 4.69) is 17.0 Å². The number of fused-ring (bicyclic) bond motifs is 1. The van der Waals surface area contributed by atoms with Crippen LogP contribution in [0.4, 0.5) is 0 Å². The molecule has 2 heterocycles. The summed E-state index contributed by atoms with van der Waals surface area (Å²) >= 11 is 6.07. The third kappa shape index (κ3) is 1.44. The smallest absolute Gasteiger partial charge is 0.158 e. The first-order chi connectivity index (χ1) is 7.06. The van der Waals surface area contributed by atoms with Crippen LogP contribution in [-0.4, -0.2) is 19.3 Å². The Morgan fingerprint density at radius 1 is 1.40 bits per heavy atom. The highest BCUT2D eigenvalue weighted by molar-refractivity contribution is 6.20.